The van der Waals surface area contributed by atoms with E-state index in [2.05, 4.69) is 10.6 Å². The average Bonchev–Trinajstić information content (AvgIpc) is 2.76. The molecule has 2 amide bonds. The Hall–Kier alpha value is -2.42. The first-order valence-corrected chi connectivity index (χ1v) is 10.4. The molecule has 5 N–H and O–H groups in total. The lowest BCUT2D eigenvalue weighted by atomic mass is 9.99. The first-order valence-electron chi connectivity index (χ1n) is 9.35. The summed E-state index contributed by atoms with van der Waals surface area (Å²) >= 11 is 1.87. The van der Waals surface area contributed by atoms with Gasteiger partial charge in [-0.2, -0.15) is 0 Å². The maximum Gasteiger partial charge on any atom is 0.277 e. The molecule has 2 aromatic carbocycles. The minimum absolute atomic E-state index is 0.173. The van der Waals surface area contributed by atoms with Crippen LogP contribution in [0.15, 0.2) is 24.3 Å². The van der Waals surface area contributed by atoms with Gasteiger partial charge in [-0.05, 0) is 53.3 Å². The summed E-state index contributed by atoms with van der Waals surface area (Å²) in [6, 6.07) is 4.83. The number of aliphatic hydroxyl groups excluding tert-OH is 2. The Morgan fingerprint density at radius 1 is 1.19 bits per heavy atom. The number of rotatable bonds is 10. The zero-order chi connectivity index (χ0) is 23.8. The molecule has 2 rings (SSSR count). The van der Waals surface area contributed by atoms with Gasteiger partial charge >= 0.3 is 0 Å². The van der Waals surface area contributed by atoms with E-state index in [1.54, 1.807) is 0 Å². The van der Waals surface area contributed by atoms with Gasteiger partial charge in [0, 0.05) is 22.6 Å². The van der Waals surface area contributed by atoms with Crippen LogP contribution in [0.4, 0.5) is 24.5 Å². The van der Waals surface area contributed by atoms with Crippen LogP contribution in [0.2, 0.25) is 0 Å². The van der Waals surface area contributed by atoms with Crippen LogP contribution < -0.4 is 16.1 Å². The number of hydrogen-bond acceptors (Lipinski definition) is 6. The highest BCUT2D eigenvalue weighted by molar-refractivity contribution is 14.1. The van der Waals surface area contributed by atoms with Gasteiger partial charge in [0.2, 0.25) is 5.91 Å². The van der Waals surface area contributed by atoms with E-state index >= 15 is 0 Å². The van der Waals surface area contributed by atoms with Crippen LogP contribution in [-0.2, 0) is 9.63 Å². The quantitative estimate of drug-likeness (QED) is 0.171. The lowest BCUT2D eigenvalue weighted by molar-refractivity contribution is -0.121. The molecule has 0 heterocycles. The maximum atomic E-state index is 15.0. The first kappa shape index (κ1) is 25.8. The predicted molar refractivity (Wildman–Crippen MR) is 118 cm³/mol. The number of aliphatic hydroxyl groups is 2. The first-order chi connectivity index (χ1) is 15.2. The second-order valence-corrected chi connectivity index (χ2v) is 7.74. The van der Waals surface area contributed by atoms with Gasteiger partial charge in [-0.25, -0.2) is 18.7 Å². The van der Waals surface area contributed by atoms with Gasteiger partial charge in [0.1, 0.15) is 5.82 Å². The summed E-state index contributed by atoms with van der Waals surface area (Å²) in [5.74, 6) is -5.23. The average molecular weight is 567 g/mol. The van der Waals surface area contributed by atoms with E-state index in [4.69, 9.17) is 9.94 Å². The van der Waals surface area contributed by atoms with Crippen LogP contribution in [0, 0.1) is 21.0 Å². The van der Waals surface area contributed by atoms with Crippen molar-refractivity contribution >= 4 is 45.8 Å². The van der Waals surface area contributed by atoms with Gasteiger partial charge in [0.15, 0.2) is 11.6 Å². The fourth-order valence-corrected chi connectivity index (χ4v) is 3.13. The molecule has 0 aliphatic rings. The van der Waals surface area contributed by atoms with Crippen molar-refractivity contribution in [1.82, 2.24) is 10.8 Å². The molecule has 0 radical (unpaired) electrons. The van der Waals surface area contributed by atoms with Crippen molar-refractivity contribution in [2.45, 2.75) is 18.9 Å². The maximum absolute atomic E-state index is 15.0. The molecule has 1 atom stereocenters. The summed E-state index contributed by atoms with van der Waals surface area (Å²) in [4.78, 5) is 28.7. The molecule has 0 aliphatic carbocycles. The molecule has 0 bridgehead atoms. The largest absolute Gasteiger partial charge is 0.394 e. The number of nitrogens with one attached hydrogen (secondary N) is 3. The predicted octanol–water partition coefficient (Wildman–Crippen LogP) is 2.67. The van der Waals surface area contributed by atoms with Gasteiger partial charge in [-0.3, -0.25) is 14.4 Å². The van der Waals surface area contributed by atoms with Crippen molar-refractivity contribution in [3.63, 3.8) is 0 Å². The molecule has 0 aliphatic heterocycles. The van der Waals surface area contributed by atoms with Crippen LogP contribution in [-0.4, -0.2) is 42.3 Å². The van der Waals surface area contributed by atoms with Crippen molar-refractivity contribution in [3.05, 3.63) is 56.4 Å². The van der Waals surface area contributed by atoms with Crippen LogP contribution in [0.1, 0.15) is 34.9 Å². The molecule has 0 aromatic heterocycles. The highest BCUT2D eigenvalue weighted by Gasteiger charge is 2.27. The zero-order valence-corrected chi connectivity index (χ0v) is 19.0. The molecule has 8 nitrogen and oxygen atoms in total. The van der Waals surface area contributed by atoms with E-state index < -0.39 is 58.8 Å². The number of halogens is 4. The van der Waals surface area contributed by atoms with Crippen molar-refractivity contribution < 1.29 is 37.8 Å². The number of benzene rings is 2. The number of carbonyl (C=O) groups excluding carboxylic acids is 2. The summed E-state index contributed by atoms with van der Waals surface area (Å²) in [5.41, 5.74) is -0.00692. The standard InChI is InChI=1S/C20H21F3IN3O5/c1-25-16(30)5-4-15(29)11-9-12(20(31)27-32-7-6-28)19(18(23)17(11)22)26-14-3-2-10(24)8-13(14)21/h2-3,8-9,15,26,28-29H,4-7H2,1H3,(H,25,30)(H,27,31). The molecular weight excluding hydrogens is 546 g/mol. The Morgan fingerprint density at radius 2 is 1.91 bits per heavy atom. The lowest BCUT2D eigenvalue weighted by Crippen LogP contribution is -2.27. The third-order valence-corrected chi connectivity index (χ3v) is 4.98. The molecule has 2 aromatic rings. The topological polar surface area (TPSA) is 120 Å². The SMILES string of the molecule is CNC(=O)CCC(O)c1cc(C(=O)NOCCO)c(Nc2ccc(I)cc2F)c(F)c1F. The highest BCUT2D eigenvalue weighted by Crippen LogP contribution is 2.33. The fourth-order valence-electron chi connectivity index (χ4n) is 2.68. The lowest BCUT2D eigenvalue weighted by Gasteiger charge is -2.19. The molecule has 32 heavy (non-hydrogen) atoms. The second-order valence-electron chi connectivity index (χ2n) is 6.50. The number of anilines is 2. The van der Waals surface area contributed by atoms with Crippen molar-refractivity contribution in [3.8, 4) is 0 Å². The Kier molecular flexibility index (Phi) is 9.68. The molecular formula is C20H21F3IN3O5. The Morgan fingerprint density at radius 3 is 2.53 bits per heavy atom. The normalized spacial score (nSPS) is 11.7. The minimum atomic E-state index is -1.60. The van der Waals surface area contributed by atoms with E-state index in [0.29, 0.717) is 3.57 Å². The summed E-state index contributed by atoms with van der Waals surface area (Å²) in [6.07, 6.45) is -2.01. The molecule has 0 saturated heterocycles. The molecule has 174 valence electrons. The number of hydroxylamine groups is 1. The number of amides is 2. The molecule has 12 heteroatoms. The molecule has 1 unspecified atom stereocenters. The second kappa shape index (κ2) is 12.0. The summed E-state index contributed by atoms with van der Waals surface area (Å²) < 4.78 is 44.6. The van der Waals surface area contributed by atoms with Gasteiger partial charge in [-0.1, -0.05) is 0 Å². The van der Waals surface area contributed by atoms with E-state index in [0.717, 1.165) is 12.1 Å². The fraction of sp³-hybridized carbons (Fsp3) is 0.300. The van der Waals surface area contributed by atoms with Crippen molar-refractivity contribution in [2.75, 3.05) is 25.6 Å². The van der Waals surface area contributed by atoms with Crippen LogP contribution in [0.5, 0.6) is 0 Å². The monoisotopic (exact) mass is 567 g/mol. The Labute approximate surface area is 195 Å². The van der Waals surface area contributed by atoms with Crippen molar-refractivity contribution in [2.24, 2.45) is 0 Å². The van der Waals surface area contributed by atoms with Gasteiger partial charge in [0.05, 0.1) is 36.3 Å². The zero-order valence-electron chi connectivity index (χ0n) is 16.8. The number of hydrogen-bond donors (Lipinski definition) is 5. The van der Waals surface area contributed by atoms with Crippen LogP contribution in [0.3, 0.4) is 0 Å². The van der Waals surface area contributed by atoms with Crippen LogP contribution >= 0.6 is 22.6 Å². The van der Waals surface area contributed by atoms with E-state index in [-0.39, 0.29) is 25.1 Å². The van der Waals surface area contributed by atoms with Crippen LogP contribution in [0.25, 0.3) is 0 Å². The molecule has 0 saturated carbocycles. The summed E-state index contributed by atoms with van der Waals surface area (Å²) in [7, 11) is 1.38. The minimum Gasteiger partial charge on any atom is -0.394 e. The smallest absolute Gasteiger partial charge is 0.277 e. The van der Waals surface area contributed by atoms with Gasteiger partial charge in [-0.15, -0.1) is 0 Å². The van der Waals surface area contributed by atoms with E-state index in [1.165, 1.54) is 19.2 Å². The third-order valence-electron chi connectivity index (χ3n) is 4.31. The molecule has 0 fully saturated rings. The van der Waals surface area contributed by atoms with Crippen molar-refractivity contribution in [1.29, 1.82) is 0 Å². The van der Waals surface area contributed by atoms with Gasteiger partial charge in [0.25, 0.3) is 5.91 Å². The van der Waals surface area contributed by atoms with Gasteiger partial charge < -0.3 is 20.8 Å². The molecule has 0 spiro atoms. The Bertz CT molecular complexity index is 993. The Balaban J connectivity index is 2.49. The third kappa shape index (κ3) is 6.54. The number of carbonyl (C=O) groups is 2. The van der Waals surface area contributed by atoms with E-state index in [1.807, 2.05) is 28.1 Å². The highest BCUT2D eigenvalue weighted by atomic mass is 127. The summed E-state index contributed by atoms with van der Waals surface area (Å²) in [5, 5.41) is 23.8. The summed E-state index contributed by atoms with van der Waals surface area (Å²) in [6.45, 7) is -0.688. The van der Waals surface area contributed by atoms with E-state index in [9.17, 15) is 27.9 Å².